The molecule has 0 saturated carbocycles. The predicted molar refractivity (Wildman–Crippen MR) is 59.4 cm³/mol. The van der Waals surface area contributed by atoms with Crippen LogP contribution in [0.1, 0.15) is 0 Å². The molecule has 1 aromatic carbocycles. The quantitative estimate of drug-likeness (QED) is 0.909. The summed E-state index contributed by atoms with van der Waals surface area (Å²) in [6.45, 7) is 0. The number of benzene rings is 1. The van der Waals surface area contributed by atoms with Gasteiger partial charge in [0.2, 0.25) is 5.95 Å². The molecule has 3 nitrogen and oxygen atoms in total. The lowest BCUT2D eigenvalue weighted by Crippen LogP contribution is -1.95. The van der Waals surface area contributed by atoms with Gasteiger partial charge in [0, 0.05) is 18.1 Å². The summed E-state index contributed by atoms with van der Waals surface area (Å²) >= 11 is 3.08. The molecule has 1 heterocycles. The average molecular weight is 268 g/mol. The van der Waals surface area contributed by atoms with E-state index in [1.165, 1.54) is 6.07 Å². The largest absolute Gasteiger partial charge is 0.324 e. The van der Waals surface area contributed by atoms with Crippen LogP contribution in [0, 0.1) is 5.82 Å². The first-order valence-corrected chi connectivity index (χ1v) is 5.04. The van der Waals surface area contributed by atoms with Crippen molar-refractivity contribution in [2.75, 3.05) is 5.32 Å². The van der Waals surface area contributed by atoms with Crippen LogP contribution in [0.4, 0.5) is 16.0 Å². The highest BCUT2D eigenvalue weighted by Crippen LogP contribution is 2.20. The monoisotopic (exact) mass is 267 g/mol. The van der Waals surface area contributed by atoms with Gasteiger partial charge in [-0.3, -0.25) is 0 Å². The fourth-order valence-electron chi connectivity index (χ4n) is 1.07. The zero-order valence-electron chi connectivity index (χ0n) is 7.61. The second-order valence-corrected chi connectivity index (χ2v) is 3.68. The number of nitrogens with zero attached hydrogens (tertiary/aromatic N) is 2. The first kappa shape index (κ1) is 10.0. The van der Waals surface area contributed by atoms with Crippen molar-refractivity contribution in [1.82, 2.24) is 9.97 Å². The second-order valence-electron chi connectivity index (χ2n) is 2.83. The molecular weight excluding hydrogens is 261 g/mol. The van der Waals surface area contributed by atoms with Crippen LogP contribution in [0.15, 0.2) is 41.1 Å². The Morgan fingerprint density at radius 3 is 2.60 bits per heavy atom. The molecule has 15 heavy (non-hydrogen) atoms. The number of aromatic nitrogens is 2. The summed E-state index contributed by atoms with van der Waals surface area (Å²) < 4.78 is 13.6. The Balaban J connectivity index is 2.22. The molecule has 0 atom stereocenters. The van der Waals surface area contributed by atoms with Crippen molar-refractivity contribution < 1.29 is 4.39 Å². The van der Waals surface area contributed by atoms with Crippen molar-refractivity contribution >= 4 is 27.6 Å². The summed E-state index contributed by atoms with van der Waals surface area (Å²) in [5.41, 5.74) is 0.613. The molecule has 0 fully saturated rings. The minimum Gasteiger partial charge on any atom is -0.324 e. The molecule has 5 heteroatoms. The minimum atomic E-state index is -0.323. The highest BCUT2D eigenvalue weighted by molar-refractivity contribution is 9.10. The summed E-state index contributed by atoms with van der Waals surface area (Å²) in [5, 5.41) is 2.89. The third-order valence-corrected chi connectivity index (χ3v) is 2.38. The molecule has 1 aromatic heterocycles. The van der Waals surface area contributed by atoms with Crippen LogP contribution in [-0.4, -0.2) is 9.97 Å². The number of hydrogen-bond acceptors (Lipinski definition) is 3. The number of halogens is 2. The van der Waals surface area contributed by atoms with E-state index in [0.29, 0.717) is 16.1 Å². The normalized spacial score (nSPS) is 10.0. The first-order chi connectivity index (χ1) is 7.25. The summed E-state index contributed by atoms with van der Waals surface area (Å²) in [7, 11) is 0. The number of anilines is 2. The van der Waals surface area contributed by atoms with E-state index in [1.54, 1.807) is 30.6 Å². The van der Waals surface area contributed by atoms with E-state index in [4.69, 9.17) is 0 Å². The molecule has 0 aliphatic heterocycles. The first-order valence-electron chi connectivity index (χ1n) is 4.25. The van der Waals surface area contributed by atoms with E-state index >= 15 is 0 Å². The maximum atomic E-state index is 13.2. The van der Waals surface area contributed by atoms with Crippen LogP contribution in [0.2, 0.25) is 0 Å². The summed E-state index contributed by atoms with van der Waals surface area (Å²) in [5.74, 6) is 0.121. The van der Waals surface area contributed by atoms with Crippen molar-refractivity contribution in [3.05, 3.63) is 46.9 Å². The van der Waals surface area contributed by atoms with Crippen LogP contribution in [0.3, 0.4) is 0 Å². The Hall–Kier alpha value is -1.49. The highest BCUT2D eigenvalue weighted by Gasteiger charge is 2.01. The lowest BCUT2D eigenvalue weighted by molar-refractivity contribution is 0.622. The Bertz CT molecular complexity index is 461. The second kappa shape index (κ2) is 4.35. The van der Waals surface area contributed by atoms with Gasteiger partial charge in [-0.1, -0.05) is 0 Å². The molecule has 76 valence electrons. The topological polar surface area (TPSA) is 37.8 Å². The van der Waals surface area contributed by atoms with Gasteiger partial charge >= 0.3 is 0 Å². The fraction of sp³-hybridized carbons (Fsp3) is 0. The van der Waals surface area contributed by atoms with Gasteiger partial charge in [0.25, 0.3) is 0 Å². The van der Waals surface area contributed by atoms with Gasteiger partial charge in [-0.05, 0) is 40.2 Å². The molecule has 0 unspecified atom stereocenters. The van der Waals surface area contributed by atoms with Crippen LogP contribution >= 0.6 is 15.9 Å². The Morgan fingerprint density at radius 1 is 1.20 bits per heavy atom. The van der Waals surface area contributed by atoms with Crippen molar-refractivity contribution in [3.8, 4) is 0 Å². The van der Waals surface area contributed by atoms with Gasteiger partial charge in [-0.2, -0.15) is 0 Å². The smallest absolute Gasteiger partial charge is 0.227 e. The average Bonchev–Trinajstić information content (AvgIpc) is 2.25. The van der Waals surface area contributed by atoms with E-state index < -0.39 is 0 Å². The Kier molecular flexibility index (Phi) is 2.91. The molecule has 0 aliphatic rings. The van der Waals surface area contributed by atoms with E-state index in [0.717, 1.165) is 0 Å². The Morgan fingerprint density at radius 2 is 1.93 bits per heavy atom. The summed E-state index contributed by atoms with van der Waals surface area (Å²) in [4.78, 5) is 7.94. The maximum absolute atomic E-state index is 13.2. The molecule has 0 spiro atoms. The van der Waals surface area contributed by atoms with Crippen LogP contribution < -0.4 is 5.32 Å². The highest BCUT2D eigenvalue weighted by atomic mass is 79.9. The maximum Gasteiger partial charge on any atom is 0.227 e. The zero-order chi connectivity index (χ0) is 10.7. The molecule has 2 rings (SSSR count). The van der Waals surface area contributed by atoms with E-state index in [-0.39, 0.29) is 5.82 Å². The lowest BCUT2D eigenvalue weighted by atomic mass is 10.3. The van der Waals surface area contributed by atoms with Crippen molar-refractivity contribution in [2.45, 2.75) is 0 Å². The van der Waals surface area contributed by atoms with Crippen molar-refractivity contribution in [3.63, 3.8) is 0 Å². The molecule has 1 N–H and O–H groups in total. The van der Waals surface area contributed by atoms with Crippen molar-refractivity contribution in [2.24, 2.45) is 0 Å². The van der Waals surface area contributed by atoms with Crippen molar-refractivity contribution in [1.29, 1.82) is 0 Å². The number of rotatable bonds is 2. The van der Waals surface area contributed by atoms with Crippen LogP contribution in [-0.2, 0) is 0 Å². The van der Waals surface area contributed by atoms with Gasteiger partial charge in [-0.15, -0.1) is 0 Å². The van der Waals surface area contributed by atoms with Gasteiger partial charge in [-0.25, -0.2) is 14.4 Å². The van der Waals surface area contributed by atoms with Gasteiger partial charge in [0.1, 0.15) is 5.82 Å². The molecular formula is C10H7BrFN3. The minimum absolute atomic E-state index is 0.323. The van der Waals surface area contributed by atoms with E-state index in [2.05, 4.69) is 31.2 Å². The third-order valence-electron chi connectivity index (χ3n) is 1.74. The molecule has 0 radical (unpaired) electrons. The zero-order valence-corrected chi connectivity index (χ0v) is 9.20. The number of hydrogen-bond donors (Lipinski definition) is 1. The lowest BCUT2D eigenvalue weighted by Gasteiger charge is -2.04. The standard InChI is InChI=1S/C10H7BrFN3/c11-8-3-2-7(6-9(8)12)15-10-13-4-1-5-14-10/h1-6H,(H,13,14,15). The molecule has 0 bridgehead atoms. The Labute approximate surface area is 94.5 Å². The van der Waals surface area contributed by atoms with Gasteiger partial charge in [0.15, 0.2) is 0 Å². The third kappa shape index (κ3) is 2.50. The predicted octanol–water partition coefficient (Wildman–Crippen LogP) is 3.12. The molecule has 2 aromatic rings. The van der Waals surface area contributed by atoms with Crippen LogP contribution in [0.5, 0.6) is 0 Å². The number of nitrogens with one attached hydrogen (secondary N) is 1. The molecule has 0 saturated heterocycles. The fourth-order valence-corrected chi connectivity index (χ4v) is 1.31. The van der Waals surface area contributed by atoms with E-state index in [9.17, 15) is 4.39 Å². The summed E-state index contributed by atoms with van der Waals surface area (Å²) in [6, 6.07) is 6.46. The SMILES string of the molecule is Fc1cc(Nc2ncccn2)ccc1Br. The van der Waals surface area contributed by atoms with Gasteiger partial charge < -0.3 is 5.32 Å². The summed E-state index contributed by atoms with van der Waals surface area (Å²) in [6.07, 6.45) is 3.23. The van der Waals surface area contributed by atoms with E-state index in [1.807, 2.05) is 0 Å². The van der Waals surface area contributed by atoms with Crippen LogP contribution in [0.25, 0.3) is 0 Å². The molecule has 0 amide bonds. The van der Waals surface area contributed by atoms with Gasteiger partial charge in [0.05, 0.1) is 4.47 Å². The molecule has 0 aliphatic carbocycles.